The van der Waals surface area contributed by atoms with Crippen LogP contribution in [0, 0.1) is 20.8 Å². The molecule has 1 aliphatic heterocycles. The van der Waals surface area contributed by atoms with Gasteiger partial charge in [0.25, 0.3) is 0 Å². The van der Waals surface area contributed by atoms with Gasteiger partial charge in [-0.1, -0.05) is 24.3 Å². The summed E-state index contributed by atoms with van der Waals surface area (Å²) < 4.78 is 2.35. The molecule has 166 valence electrons. The molecule has 0 spiro atoms. The lowest BCUT2D eigenvalue weighted by molar-refractivity contribution is 0.309. The topological polar surface area (TPSA) is 46.0 Å². The Kier molecular flexibility index (Phi) is 5.68. The molecule has 5 nitrogen and oxygen atoms in total. The van der Waals surface area contributed by atoms with Crippen molar-refractivity contribution in [2.45, 2.75) is 39.4 Å². The maximum atomic E-state index is 5.88. The first-order valence-corrected chi connectivity index (χ1v) is 11.6. The van der Waals surface area contributed by atoms with Gasteiger partial charge in [0, 0.05) is 47.8 Å². The minimum absolute atomic E-state index is 0.0178. The van der Waals surface area contributed by atoms with E-state index < -0.39 is 0 Å². The number of hydrogen-bond acceptors (Lipinski definition) is 3. The molecule has 0 bridgehead atoms. The number of aromatic nitrogens is 3. The summed E-state index contributed by atoms with van der Waals surface area (Å²) in [6.45, 7) is 7.34. The van der Waals surface area contributed by atoms with Crippen LogP contribution in [0.1, 0.15) is 45.9 Å². The van der Waals surface area contributed by atoms with Crippen molar-refractivity contribution < 1.29 is 0 Å². The summed E-state index contributed by atoms with van der Waals surface area (Å²) in [4.78, 5) is 11.2. The molecule has 2 atom stereocenters. The van der Waals surface area contributed by atoms with Gasteiger partial charge in [-0.3, -0.25) is 9.97 Å². The fourth-order valence-electron chi connectivity index (χ4n) is 4.98. The molecule has 5 rings (SSSR count). The fraction of sp³-hybridized carbons (Fsp3) is 0.222. The van der Waals surface area contributed by atoms with Gasteiger partial charge in [0.1, 0.15) is 0 Å². The van der Waals surface area contributed by atoms with Crippen molar-refractivity contribution in [2.75, 3.05) is 0 Å². The van der Waals surface area contributed by atoms with E-state index in [4.69, 9.17) is 17.2 Å². The van der Waals surface area contributed by atoms with Crippen LogP contribution in [0.15, 0.2) is 79.3 Å². The highest BCUT2D eigenvalue weighted by atomic mass is 32.1. The molecule has 0 unspecified atom stereocenters. The number of nitrogens with zero attached hydrogens (tertiary/aromatic N) is 4. The second-order valence-electron chi connectivity index (χ2n) is 8.49. The third-order valence-corrected chi connectivity index (χ3v) is 6.97. The number of hydrogen-bond donors (Lipinski definition) is 1. The molecule has 1 N–H and O–H groups in total. The van der Waals surface area contributed by atoms with Gasteiger partial charge in [-0.15, -0.1) is 0 Å². The smallest absolute Gasteiger partial charge is 0.170 e. The van der Waals surface area contributed by atoms with Gasteiger partial charge in [-0.25, -0.2) is 0 Å². The van der Waals surface area contributed by atoms with Crippen LogP contribution >= 0.6 is 12.2 Å². The molecular formula is C27H27N5S. The second-order valence-corrected chi connectivity index (χ2v) is 8.88. The Balaban J connectivity index is 1.67. The summed E-state index contributed by atoms with van der Waals surface area (Å²) >= 11 is 5.88. The predicted octanol–water partition coefficient (Wildman–Crippen LogP) is 5.37. The minimum Gasteiger partial charge on any atom is -0.352 e. The molecule has 4 heterocycles. The zero-order valence-electron chi connectivity index (χ0n) is 19.1. The van der Waals surface area contributed by atoms with Crippen LogP contribution in [0.5, 0.6) is 0 Å². The molecule has 6 heteroatoms. The number of nitrogens with one attached hydrogen (secondary N) is 1. The number of benzene rings is 1. The molecule has 0 radical (unpaired) electrons. The molecule has 1 aliphatic rings. The van der Waals surface area contributed by atoms with Crippen LogP contribution in [0.3, 0.4) is 0 Å². The normalized spacial score (nSPS) is 17.9. The minimum atomic E-state index is -0.0380. The Morgan fingerprint density at radius 1 is 0.879 bits per heavy atom. The quantitative estimate of drug-likeness (QED) is 0.412. The number of para-hydroxylation sites is 1. The molecule has 4 aromatic rings. The largest absolute Gasteiger partial charge is 0.352 e. The predicted molar refractivity (Wildman–Crippen MR) is 135 cm³/mol. The Morgan fingerprint density at radius 3 is 2.30 bits per heavy atom. The Morgan fingerprint density at radius 2 is 1.61 bits per heavy atom. The van der Waals surface area contributed by atoms with Crippen molar-refractivity contribution in [3.63, 3.8) is 0 Å². The zero-order valence-corrected chi connectivity index (χ0v) is 19.9. The summed E-state index contributed by atoms with van der Waals surface area (Å²) in [5.41, 5.74) is 8.40. The average molecular weight is 454 g/mol. The standard InChI is InChI=1S/C27H27N5S/c1-18-19(2)32(22-9-5-4-6-10-22)20(3)24(18)26-25(23-11-7-8-14-29-23)30-27(33)31(26)17-21-12-15-28-16-13-21/h4-16,25-26H,17H2,1-3H3,(H,30,33)/t25-,26+/m1/s1. The van der Waals surface area contributed by atoms with Gasteiger partial charge in [0.2, 0.25) is 0 Å². The Labute approximate surface area is 200 Å². The number of pyridine rings is 2. The van der Waals surface area contributed by atoms with E-state index in [1.165, 1.54) is 33.8 Å². The van der Waals surface area contributed by atoms with E-state index in [2.05, 4.69) is 76.9 Å². The van der Waals surface area contributed by atoms with Gasteiger partial charge < -0.3 is 14.8 Å². The molecule has 1 saturated heterocycles. The lowest BCUT2D eigenvalue weighted by Gasteiger charge is -2.29. The Hall–Kier alpha value is -3.51. The van der Waals surface area contributed by atoms with E-state index in [1.54, 1.807) is 0 Å². The lowest BCUT2D eigenvalue weighted by atomic mass is 9.93. The SMILES string of the molecule is Cc1c([C@H]2[C@@H](c3ccccn3)NC(=S)N2Cc2ccncc2)c(C)n(-c2ccccc2)c1C. The van der Waals surface area contributed by atoms with E-state index in [0.717, 1.165) is 10.8 Å². The number of rotatable bonds is 5. The van der Waals surface area contributed by atoms with Gasteiger partial charge in [-0.2, -0.15) is 0 Å². The van der Waals surface area contributed by atoms with Crippen LogP contribution in [0.4, 0.5) is 0 Å². The van der Waals surface area contributed by atoms with Gasteiger partial charge >= 0.3 is 0 Å². The molecule has 0 saturated carbocycles. The highest BCUT2D eigenvalue weighted by Crippen LogP contribution is 2.44. The number of thiocarbonyl (C=S) groups is 1. The summed E-state index contributed by atoms with van der Waals surface area (Å²) in [6.07, 6.45) is 5.52. The van der Waals surface area contributed by atoms with Gasteiger partial charge in [0.15, 0.2) is 5.11 Å². The maximum Gasteiger partial charge on any atom is 0.170 e. The highest BCUT2D eigenvalue weighted by Gasteiger charge is 2.42. The van der Waals surface area contributed by atoms with Crippen LogP contribution < -0.4 is 5.32 Å². The van der Waals surface area contributed by atoms with Crippen LogP contribution in [0.25, 0.3) is 5.69 Å². The lowest BCUT2D eigenvalue weighted by Crippen LogP contribution is -2.29. The molecule has 33 heavy (non-hydrogen) atoms. The van der Waals surface area contributed by atoms with Crippen molar-refractivity contribution in [2.24, 2.45) is 0 Å². The van der Waals surface area contributed by atoms with E-state index in [1.807, 2.05) is 42.9 Å². The van der Waals surface area contributed by atoms with Crippen molar-refractivity contribution in [1.82, 2.24) is 24.8 Å². The highest BCUT2D eigenvalue weighted by molar-refractivity contribution is 7.80. The monoisotopic (exact) mass is 453 g/mol. The maximum absolute atomic E-state index is 5.88. The molecule has 0 aliphatic carbocycles. The summed E-state index contributed by atoms with van der Waals surface area (Å²) in [5.74, 6) is 0. The molecule has 3 aromatic heterocycles. The molecule has 0 amide bonds. The van der Waals surface area contributed by atoms with E-state index in [0.29, 0.717) is 6.54 Å². The van der Waals surface area contributed by atoms with Gasteiger partial charge in [0.05, 0.1) is 17.8 Å². The van der Waals surface area contributed by atoms with Crippen molar-refractivity contribution in [1.29, 1.82) is 0 Å². The van der Waals surface area contributed by atoms with Gasteiger partial charge in [-0.05, 0) is 80.5 Å². The summed E-state index contributed by atoms with van der Waals surface area (Å²) in [7, 11) is 0. The molecule has 1 fully saturated rings. The van der Waals surface area contributed by atoms with E-state index in [-0.39, 0.29) is 12.1 Å². The first-order valence-electron chi connectivity index (χ1n) is 11.2. The van der Waals surface area contributed by atoms with Crippen LogP contribution in [-0.4, -0.2) is 24.5 Å². The molecular weight excluding hydrogens is 426 g/mol. The van der Waals surface area contributed by atoms with Crippen LogP contribution in [0.2, 0.25) is 0 Å². The van der Waals surface area contributed by atoms with E-state index in [9.17, 15) is 0 Å². The van der Waals surface area contributed by atoms with Crippen molar-refractivity contribution in [3.05, 3.63) is 113 Å². The third-order valence-electron chi connectivity index (χ3n) is 6.62. The summed E-state index contributed by atoms with van der Waals surface area (Å²) in [5, 5.41) is 4.33. The summed E-state index contributed by atoms with van der Waals surface area (Å²) in [6, 6.07) is 20.7. The third kappa shape index (κ3) is 3.80. The van der Waals surface area contributed by atoms with Crippen molar-refractivity contribution >= 4 is 17.3 Å². The first-order chi connectivity index (χ1) is 16.1. The van der Waals surface area contributed by atoms with Crippen molar-refractivity contribution in [3.8, 4) is 5.69 Å². The van der Waals surface area contributed by atoms with Crippen LogP contribution in [-0.2, 0) is 6.54 Å². The average Bonchev–Trinajstić information content (AvgIpc) is 3.27. The fourth-order valence-corrected chi connectivity index (χ4v) is 5.29. The first kappa shape index (κ1) is 21.3. The zero-order chi connectivity index (χ0) is 22.9. The Bertz CT molecular complexity index is 1270. The van der Waals surface area contributed by atoms with E-state index >= 15 is 0 Å². The second kappa shape index (κ2) is 8.79. The molecule has 1 aromatic carbocycles.